The third-order valence-electron chi connectivity index (χ3n) is 3.76. The highest BCUT2D eigenvalue weighted by Gasteiger charge is 2.08. The Labute approximate surface area is 141 Å². The molecule has 0 radical (unpaired) electrons. The van der Waals surface area contributed by atoms with Gasteiger partial charge in [-0.3, -0.25) is 4.79 Å². The van der Waals surface area contributed by atoms with Crippen molar-refractivity contribution in [3.8, 4) is 0 Å². The zero-order chi connectivity index (χ0) is 17.1. The maximum Gasteiger partial charge on any atom is 0.240 e. The predicted molar refractivity (Wildman–Crippen MR) is 94.9 cm³/mol. The topological polar surface area (TPSA) is 63.1 Å². The van der Waals surface area contributed by atoms with Gasteiger partial charge in [0.15, 0.2) is 0 Å². The number of benzene rings is 1. The van der Waals surface area contributed by atoms with Crippen LogP contribution in [0, 0.1) is 6.92 Å². The van der Waals surface area contributed by atoms with Crippen LogP contribution in [-0.2, 0) is 17.9 Å². The van der Waals surface area contributed by atoms with Crippen molar-refractivity contribution in [3.63, 3.8) is 0 Å². The maximum atomic E-state index is 12.2. The molecule has 24 heavy (non-hydrogen) atoms. The third-order valence-corrected chi connectivity index (χ3v) is 3.76. The number of hydrogen-bond acceptors (Lipinski definition) is 4. The summed E-state index contributed by atoms with van der Waals surface area (Å²) in [5, 5.41) is 4.06. The van der Waals surface area contributed by atoms with E-state index in [4.69, 9.17) is 0 Å². The quantitative estimate of drug-likeness (QED) is 0.781. The van der Waals surface area contributed by atoms with Crippen molar-refractivity contribution in [2.75, 3.05) is 19.0 Å². The molecule has 6 nitrogen and oxygen atoms in total. The molecule has 3 rings (SSSR count). The van der Waals surface area contributed by atoms with Crippen molar-refractivity contribution in [2.45, 2.75) is 20.0 Å². The maximum absolute atomic E-state index is 12.2. The van der Waals surface area contributed by atoms with Crippen LogP contribution in [0.5, 0.6) is 0 Å². The van der Waals surface area contributed by atoms with E-state index < -0.39 is 0 Å². The molecule has 0 saturated heterocycles. The van der Waals surface area contributed by atoms with Crippen LogP contribution in [0.3, 0.4) is 0 Å². The van der Waals surface area contributed by atoms with Crippen LogP contribution in [0.2, 0.25) is 0 Å². The molecular formula is C18H21N5O. The van der Waals surface area contributed by atoms with Crippen LogP contribution in [0.25, 0.3) is 10.9 Å². The van der Waals surface area contributed by atoms with Crippen molar-refractivity contribution < 1.29 is 4.79 Å². The molecule has 124 valence electrons. The number of aryl methyl sites for hydroxylation is 1. The van der Waals surface area contributed by atoms with Crippen LogP contribution in [0.1, 0.15) is 11.4 Å². The third kappa shape index (κ3) is 3.53. The number of fused-ring (bicyclic) bond motifs is 1. The normalized spacial score (nSPS) is 10.8. The number of carbonyl (C=O) groups is 1. The summed E-state index contributed by atoms with van der Waals surface area (Å²) in [4.78, 5) is 22.9. The molecule has 0 unspecified atom stereocenters. The molecule has 3 aromatic rings. The van der Waals surface area contributed by atoms with E-state index in [1.54, 1.807) is 0 Å². The van der Waals surface area contributed by atoms with Gasteiger partial charge in [-0.05, 0) is 30.5 Å². The summed E-state index contributed by atoms with van der Waals surface area (Å²) in [6, 6.07) is 11.9. The molecule has 0 fully saturated rings. The fraction of sp³-hybridized carbons (Fsp3) is 0.278. The van der Waals surface area contributed by atoms with Gasteiger partial charge in [0.05, 0.1) is 12.2 Å². The van der Waals surface area contributed by atoms with Gasteiger partial charge >= 0.3 is 0 Å². The van der Waals surface area contributed by atoms with Gasteiger partial charge in [0.1, 0.15) is 6.54 Å². The summed E-state index contributed by atoms with van der Waals surface area (Å²) in [5.41, 5.74) is 2.74. The molecule has 2 heterocycles. The summed E-state index contributed by atoms with van der Waals surface area (Å²) in [6.07, 6.45) is 1.93. The van der Waals surface area contributed by atoms with Crippen LogP contribution in [-0.4, -0.2) is 34.5 Å². The lowest BCUT2D eigenvalue weighted by Crippen LogP contribution is -2.27. The Morgan fingerprint density at radius 1 is 1.21 bits per heavy atom. The lowest BCUT2D eigenvalue weighted by molar-refractivity contribution is -0.121. The highest BCUT2D eigenvalue weighted by Crippen LogP contribution is 2.14. The Morgan fingerprint density at radius 2 is 2.00 bits per heavy atom. The first-order valence-electron chi connectivity index (χ1n) is 7.85. The minimum atomic E-state index is -0.0426. The van der Waals surface area contributed by atoms with Crippen molar-refractivity contribution in [1.29, 1.82) is 0 Å². The lowest BCUT2D eigenvalue weighted by Gasteiger charge is -2.13. The highest BCUT2D eigenvalue weighted by molar-refractivity contribution is 5.83. The summed E-state index contributed by atoms with van der Waals surface area (Å²) >= 11 is 0. The number of nitrogens with zero attached hydrogens (tertiary/aromatic N) is 4. The number of hydrogen-bond donors (Lipinski definition) is 1. The van der Waals surface area contributed by atoms with E-state index in [1.165, 1.54) is 0 Å². The number of aromatic nitrogens is 3. The molecule has 0 aliphatic heterocycles. The van der Waals surface area contributed by atoms with E-state index >= 15 is 0 Å². The number of nitrogens with one attached hydrogen (secondary N) is 1. The second-order valence-corrected chi connectivity index (χ2v) is 5.97. The Bertz CT molecular complexity index is 869. The first kappa shape index (κ1) is 16.0. The highest BCUT2D eigenvalue weighted by atomic mass is 16.1. The smallest absolute Gasteiger partial charge is 0.240 e. The molecule has 0 aliphatic rings. The van der Waals surface area contributed by atoms with E-state index in [1.807, 2.05) is 73.1 Å². The second-order valence-electron chi connectivity index (χ2n) is 5.97. The standard InChI is InChI=1S/C18H21N5O/c1-13-10-15(21-18(20-13)22(2)3)11-19-17(24)12-23-9-8-14-6-4-5-7-16(14)23/h4-10H,11-12H2,1-3H3,(H,19,24). The van der Waals surface area contributed by atoms with E-state index in [0.717, 1.165) is 22.3 Å². The Kier molecular flexibility index (Phi) is 4.46. The molecule has 0 spiro atoms. The van der Waals surface area contributed by atoms with Gasteiger partial charge in [0.2, 0.25) is 11.9 Å². The zero-order valence-electron chi connectivity index (χ0n) is 14.2. The van der Waals surface area contributed by atoms with Crippen molar-refractivity contribution in [1.82, 2.24) is 19.9 Å². The first-order chi connectivity index (χ1) is 11.5. The summed E-state index contributed by atoms with van der Waals surface area (Å²) in [6.45, 7) is 2.60. The molecule has 0 aliphatic carbocycles. The van der Waals surface area contributed by atoms with Crippen molar-refractivity contribution >= 4 is 22.8 Å². The first-order valence-corrected chi connectivity index (χ1v) is 7.85. The number of para-hydroxylation sites is 1. The van der Waals surface area contributed by atoms with Gasteiger partial charge in [-0.1, -0.05) is 18.2 Å². The summed E-state index contributed by atoms with van der Waals surface area (Å²) in [7, 11) is 3.79. The van der Waals surface area contributed by atoms with E-state index in [-0.39, 0.29) is 12.5 Å². The molecule has 1 aromatic carbocycles. The molecule has 2 aromatic heterocycles. The molecule has 0 atom stereocenters. The van der Waals surface area contributed by atoms with Gasteiger partial charge in [-0.25, -0.2) is 9.97 Å². The summed E-state index contributed by atoms with van der Waals surface area (Å²) < 4.78 is 1.95. The fourth-order valence-electron chi connectivity index (χ4n) is 2.59. The molecule has 1 amide bonds. The van der Waals surface area contributed by atoms with Gasteiger partial charge < -0.3 is 14.8 Å². The molecule has 0 bridgehead atoms. The van der Waals surface area contributed by atoms with Gasteiger partial charge in [0, 0.05) is 31.5 Å². The van der Waals surface area contributed by atoms with Crippen molar-refractivity contribution in [3.05, 3.63) is 54.0 Å². The Morgan fingerprint density at radius 3 is 2.79 bits per heavy atom. The number of anilines is 1. The van der Waals surface area contributed by atoms with Gasteiger partial charge in [-0.15, -0.1) is 0 Å². The fourth-order valence-corrected chi connectivity index (χ4v) is 2.59. The summed E-state index contributed by atoms with van der Waals surface area (Å²) in [5.74, 6) is 0.606. The Balaban J connectivity index is 1.66. The number of amides is 1. The zero-order valence-corrected chi connectivity index (χ0v) is 14.2. The van der Waals surface area contributed by atoms with Crippen LogP contribution < -0.4 is 10.2 Å². The monoisotopic (exact) mass is 323 g/mol. The molecular weight excluding hydrogens is 302 g/mol. The number of rotatable bonds is 5. The second kappa shape index (κ2) is 6.70. The van der Waals surface area contributed by atoms with E-state index in [0.29, 0.717) is 12.5 Å². The average Bonchev–Trinajstić information content (AvgIpc) is 2.96. The lowest BCUT2D eigenvalue weighted by atomic mass is 10.2. The van der Waals surface area contributed by atoms with Crippen LogP contribution >= 0.6 is 0 Å². The minimum absolute atomic E-state index is 0.0426. The van der Waals surface area contributed by atoms with Crippen molar-refractivity contribution in [2.24, 2.45) is 0 Å². The largest absolute Gasteiger partial charge is 0.349 e. The van der Waals surface area contributed by atoms with Gasteiger partial charge in [-0.2, -0.15) is 0 Å². The predicted octanol–water partition coefficient (Wildman–Crippen LogP) is 2.12. The molecule has 0 saturated carbocycles. The average molecular weight is 323 g/mol. The van der Waals surface area contributed by atoms with Crippen LogP contribution in [0.15, 0.2) is 42.6 Å². The number of carbonyl (C=O) groups excluding carboxylic acids is 1. The van der Waals surface area contributed by atoms with E-state index in [2.05, 4.69) is 15.3 Å². The SMILES string of the molecule is Cc1cc(CNC(=O)Cn2ccc3ccccc32)nc(N(C)C)n1. The van der Waals surface area contributed by atoms with E-state index in [9.17, 15) is 4.79 Å². The minimum Gasteiger partial charge on any atom is -0.349 e. The molecule has 6 heteroatoms. The molecule has 1 N–H and O–H groups in total. The van der Waals surface area contributed by atoms with Crippen LogP contribution in [0.4, 0.5) is 5.95 Å². The Hall–Kier alpha value is -2.89. The van der Waals surface area contributed by atoms with Gasteiger partial charge in [0.25, 0.3) is 0 Å².